The summed E-state index contributed by atoms with van der Waals surface area (Å²) in [5.74, 6) is 0.525. The summed E-state index contributed by atoms with van der Waals surface area (Å²) in [6.07, 6.45) is 1.07. The number of nitrogens with zero attached hydrogens (tertiary/aromatic N) is 2. The molecule has 3 N–H and O–H groups in total. The van der Waals surface area contributed by atoms with E-state index >= 15 is 0 Å². The number of hydrogen-bond acceptors (Lipinski definition) is 4. The van der Waals surface area contributed by atoms with Crippen LogP contribution in [-0.4, -0.2) is 50.3 Å². The van der Waals surface area contributed by atoms with Crippen LogP contribution in [0.25, 0.3) is 0 Å². The third kappa shape index (κ3) is 7.78. The van der Waals surface area contributed by atoms with Gasteiger partial charge in [-0.25, -0.2) is 4.99 Å². The third-order valence-corrected chi connectivity index (χ3v) is 4.70. The molecule has 0 saturated carbocycles. The lowest BCUT2D eigenvalue weighted by molar-refractivity contribution is 0.0376. The van der Waals surface area contributed by atoms with E-state index in [1.165, 1.54) is 4.88 Å². The van der Waals surface area contributed by atoms with Gasteiger partial charge < -0.3 is 15.8 Å². The second kappa shape index (κ2) is 10.8. The van der Waals surface area contributed by atoms with Crippen LogP contribution < -0.4 is 11.1 Å². The van der Waals surface area contributed by atoms with Crippen LogP contribution in [0, 0.1) is 0 Å². The second-order valence-corrected chi connectivity index (χ2v) is 7.19. The maximum atomic E-state index is 5.85. The van der Waals surface area contributed by atoms with Gasteiger partial charge in [0.2, 0.25) is 0 Å². The Labute approximate surface area is 155 Å². The first-order valence-electron chi connectivity index (χ1n) is 6.82. The van der Waals surface area contributed by atoms with Gasteiger partial charge in [-0.15, -0.1) is 35.3 Å². The van der Waals surface area contributed by atoms with Gasteiger partial charge in [-0.2, -0.15) is 0 Å². The van der Waals surface area contributed by atoms with Crippen LogP contribution in [0.4, 0.5) is 0 Å². The smallest absolute Gasteiger partial charge is 0.188 e. The lowest BCUT2D eigenvalue weighted by Gasteiger charge is -2.26. The molecule has 5 nitrogen and oxygen atoms in total. The van der Waals surface area contributed by atoms with Crippen LogP contribution in [0.15, 0.2) is 20.9 Å². The Morgan fingerprint density at radius 1 is 1.43 bits per heavy atom. The lowest BCUT2D eigenvalue weighted by Crippen LogP contribution is -2.39. The van der Waals surface area contributed by atoms with Crippen LogP contribution in [0.1, 0.15) is 11.3 Å². The molecule has 0 unspecified atom stereocenters. The van der Waals surface area contributed by atoms with E-state index in [-0.39, 0.29) is 24.0 Å². The fourth-order valence-corrected chi connectivity index (χ4v) is 3.41. The van der Waals surface area contributed by atoms with E-state index in [1.54, 1.807) is 11.3 Å². The number of halogens is 2. The molecule has 0 spiro atoms. The normalized spacial score (nSPS) is 16.5. The molecule has 0 atom stereocenters. The molecule has 0 aromatic carbocycles. The first-order valence-corrected chi connectivity index (χ1v) is 8.43. The van der Waals surface area contributed by atoms with Gasteiger partial charge in [0.25, 0.3) is 0 Å². The van der Waals surface area contributed by atoms with Gasteiger partial charge >= 0.3 is 0 Å². The second-order valence-electron chi connectivity index (χ2n) is 4.64. The Kier molecular flexibility index (Phi) is 9.81. The number of nitrogens with two attached hydrogens (primary N) is 1. The van der Waals surface area contributed by atoms with E-state index in [2.05, 4.69) is 37.2 Å². The third-order valence-electron chi connectivity index (χ3n) is 3.10. The minimum absolute atomic E-state index is 0. The molecule has 1 fully saturated rings. The number of rotatable bonds is 6. The monoisotopic (exact) mass is 488 g/mol. The fraction of sp³-hybridized carbons (Fsp3) is 0.615. The molecule has 0 bridgehead atoms. The average molecular weight is 489 g/mol. The Morgan fingerprint density at radius 3 is 2.86 bits per heavy atom. The molecule has 0 aliphatic carbocycles. The first kappa shape index (κ1) is 19.1. The molecule has 8 heteroatoms. The summed E-state index contributed by atoms with van der Waals surface area (Å²) < 4.78 is 6.45. The zero-order chi connectivity index (χ0) is 14.2. The summed E-state index contributed by atoms with van der Waals surface area (Å²) >= 11 is 5.12. The maximum Gasteiger partial charge on any atom is 0.188 e. The van der Waals surface area contributed by atoms with Gasteiger partial charge in [-0.1, -0.05) is 0 Å². The number of hydrogen-bond donors (Lipinski definition) is 2. The van der Waals surface area contributed by atoms with Crippen molar-refractivity contribution >= 4 is 57.2 Å². The van der Waals surface area contributed by atoms with E-state index < -0.39 is 0 Å². The van der Waals surface area contributed by atoms with Crippen molar-refractivity contribution in [2.24, 2.45) is 10.7 Å². The van der Waals surface area contributed by atoms with Crippen molar-refractivity contribution in [2.75, 3.05) is 39.4 Å². The fourth-order valence-electron chi connectivity index (χ4n) is 2.00. The van der Waals surface area contributed by atoms with E-state index in [0.29, 0.717) is 12.5 Å². The number of guanidine groups is 1. The lowest BCUT2D eigenvalue weighted by atomic mass is 10.3. The van der Waals surface area contributed by atoms with Gasteiger partial charge in [-0.3, -0.25) is 4.90 Å². The molecule has 21 heavy (non-hydrogen) atoms. The van der Waals surface area contributed by atoms with E-state index in [0.717, 1.165) is 49.6 Å². The molecule has 2 heterocycles. The van der Waals surface area contributed by atoms with Crippen molar-refractivity contribution in [3.05, 3.63) is 20.8 Å². The number of thiophene rings is 1. The summed E-state index contributed by atoms with van der Waals surface area (Å²) in [6.45, 7) is 6.37. The summed E-state index contributed by atoms with van der Waals surface area (Å²) in [7, 11) is 0. The summed E-state index contributed by atoms with van der Waals surface area (Å²) in [5, 5.41) is 3.16. The number of morpholine rings is 1. The highest BCUT2D eigenvalue weighted by Crippen LogP contribution is 2.22. The van der Waals surface area contributed by atoms with Gasteiger partial charge in [0, 0.05) is 24.5 Å². The molecule has 1 aliphatic rings. The molecule has 0 amide bonds. The van der Waals surface area contributed by atoms with Crippen molar-refractivity contribution in [1.82, 2.24) is 10.2 Å². The van der Waals surface area contributed by atoms with Crippen LogP contribution in [0.5, 0.6) is 0 Å². The van der Waals surface area contributed by atoms with Crippen molar-refractivity contribution in [1.29, 1.82) is 0 Å². The Morgan fingerprint density at radius 2 is 2.19 bits per heavy atom. The molecule has 2 rings (SSSR count). The molecular formula is C13H22BrIN4OS. The Hall–Kier alpha value is 0.100. The van der Waals surface area contributed by atoms with Crippen LogP contribution in [0.3, 0.4) is 0 Å². The molecule has 1 aliphatic heterocycles. The molecule has 1 saturated heterocycles. The van der Waals surface area contributed by atoms with Crippen LogP contribution in [0.2, 0.25) is 0 Å². The first-order chi connectivity index (χ1) is 9.74. The zero-order valence-electron chi connectivity index (χ0n) is 11.9. The molecular weight excluding hydrogens is 467 g/mol. The highest BCUT2D eigenvalue weighted by Gasteiger charge is 2.08. The van der Waals surface area contributed by atoms with Crippen molar-refractivity contribution in [3.63, 3.8) is 0 Å². The zero-order valence-corrected chi connectivity index (χ0v) is 16.6. The van der Waals surface area contributed by atoms with E-state index in [4.69, 9.17) is 10.5 Å². The minimum atomic E-state index is 0. The molecule has 120 valence electrons. The SMILES string of the molecule is I.NC(=NCc1ccc(Br)s1)NCCCN1CCOCC1. The van der Waals surface area contributed by atoms with Gasteiger partial charge in [0.05, 0.1) is 23.5 Å². The highest BCUT2D eigenvalue weighted by molar-refractivity contribution is 14.0. The quantitative estimate of drug-likeness (QED) is 0.279. The topological polar surface area (TPSA) is 62.9 Å². The Balaban J connectivity index is 0.00000220. The summed E-state index contributed by atoms with van der Waals surface area (Å²) in [4.78, 5) is 7.95. The van der Waals surface area contributed by atoms with Gasteiger partial charge in [0.15, 0.2) is 5.96 Å². The van der Waals surface area contributed by atoms with E-state index in [1.807, 2.05) is 6.07 Å². The van der Waals surface area contributed by atoms with Gasteiger partial charge in [0.1, 0.15) is 0 Å². The number of nitrogens with one attached hydrogen (secondary N) is 1. The standard InChI is InChI=1S/C13H21BrN4OS.HI/c14-12-3-2-11(20-12)10-17-13(15)16-4-1-5-18-6-8-19-9-7-18;/h2-3H,1,4-10H2,(H3,15,16,17);1H. The largest absolute Gasteiger partial charge is 0.379 e. The summed E-state index contributed by atoms with van der Waals surface area (Å²) in [5.41, 5.74) is 5.85. The van der Waals surface area contributed by atoms with Crippen molar-refractivity contribution < 1.29 is 4.74 Å². The molecule has 1 aromatic heterocycles. The number of aliphatic imine (C=N–C) groups is 1. The predicted octanol–water partition coefficient (Wildman–Crippen LogP) is 2.26. The molecule has 1 aromatic rings. The highest BCUT2D eigenvalue weighted by atomic mass is 127. The van der Waals surface area contributed by atoms with E-state index in [9.17, 15) is 0 Å². The number of ether oxygens (including phenoxy) is 1. The Bertz CT molecular complexity index is 438. The van der Waals surface area contributed by atoms with Crippen molar-refractivity contribution in [3.8, 4) is 0 Å². The molecule has 0 radical (unpaired) electrons. The predicted molar refractivity (Wildman–Crippen MR) is 103 cm³/mol. The average Bonchev–Trinajstić information content (AvgIpc) is 2.88. The summed E-state index contributed by atoms with van der Waals surface area (Å²) in [6, 6.07) is 4.09. The van der Waals surface area contributed by atoms with Crippen molar-refractivity contribution in [2.45, 2.75) is 13.0 Å². The van der Waals surface area contributed by atoms with Crippen LogP contribution in [-0.2, 0) is 11.3 Å². The minimum Gasteiger partial charge on any atom is -0.379 e. The van der Waals surface area contributed by atoms with Gasteiger partial charge in [-0.05, 0) is 41.0 Å². The maximum absolute atomic E-state index is 5.85. The van der Waals surface area contributed by atoms with Crippen LogP contribution >= 0.6 is 51.2 Å².